The lowest BCUT2D eigenvalue weighted by atomic mass is 9.88. The second kappa shape index (κ2) is 10.5. The van der Waals surface area contributed by atoms with Crippen LogP contribution in [0.2, 0.25) is 0 Å². The first kappa shape index (κ1) is 29.4. The predicted octanol–water partition coefficient (Wildman–Crippen LogP) is 5.26. The van der Waals surface area contributed by atoms with E-state index in [1.165, 1.54) is 30.5 Å². The van der Waals surface area contributed by atoms with E-state index in [4.69, 9.17) is 9.72 Å². The summed E-state index contributed by atoms with van der Waals surface area (Å²) in [6.07, 6.45) is 3.63. The van der Waals surface area contributed by atoms with Crippen LogP contribution in [0, 0.1) is 23.5 Å². The van der Waals surface area contributed by atoms with E-state index in [-0.39, 0.29) is 47.5 Å². The SMILES string of the molecule is CCc1c(F)ccc2cc(O)cc(-c3ncc4c(C56CC(CN5)C(C(=O)O)C6)nc(OC[C@@]56CCCN5C[C@H](F)C6)nc4c3F)c12. The van der Waals surface area contributed by atoms with Crippen LogP contribution in [0.5, 0.6) is 11.8 Å². The fourth-order valence-electron chi connectivity index (χ4n) is 8.80. The van der Waals surface area contributed by atoms with Crippen LogP contribution in [0.3, 0.4) is 0 Å². The average Bonchev–Trinajstić information content (AvgIpc) is 3.80. The minimum atomic E-state index is -0.956. The van der Waals surface area contributed by atoms with E-state index in [0.29, 0.717) is 59.8 Å². The van der Waals surface area contributed by atoms with Gasteiger partial charge in [0.1, 0.15) is 35.6 Å². The predicted molar refractivity (Wildman–Crippen MR) is 163 cm³/mol. The number of carboxylic acid groups (broad SMARTS) is 1. The van der Waals surface area contributed by atoms with Crippen LogP contribution in [0.15, 0.2) is 30.5 Å². The van der Waals surface area contributed by atoms with Crippen molar-refractivity contribution in [1.82, 2.24) is 25.2 Å². The molecule has 0 radical (unpaired) electrons. The van der Waals surface area contributed by atoms with Gasteiger partial charge >= 0.3 is 12.0 Å². The van der Waals surface area contributed by atoms with Gasteiger partial charge in [-0.05, 0) is 85.6 Å². The minimum absolute atomic E-state index is 0.0788. The first-order chi connectivity index (χ1) is 22.1. The number of aromatic nitrogens is 3. The number of hydrogen-bond acceptors (Lipinski definition) is 8. The standard InChI is InChI=1S/C34H34F3N5O4/c1-2-21-25(36)5-4-17-8-20(43)9-22(26(17)21)28-27(37)29-24(14-38-28)30(34-10-18(13-39-34)23(12-34)31(44)45)41-32(40-29)46-16-33-6-3-7-42(33)15-19(35)11-33/h4-5,8-9,14,18-19,23,39,43H,2-3,6-7,10-13,15-16H2,1H3,(H,44,45)/t18?,19-,23?,33+,34?/m1/s1. The maximum atomic E-state index is 16.9. The molecule has 3 aliphatic heterocycles. The second-order valence-electron chi connectivity index (χ2n) is 13.4. The highest BCUT2D eigenvalue weighted by molar-refractivity contribution is 6.01. The van der Waals surface area contributed by atoms with Crippen molar-refractivity contribution in [2.45, 2.75) is 62.7 Å². The van der Waals surface area contributed by atoms with Crippen LogP contribution in [0.25, 0.3) is 32.9 Å². The Labute approximate surface area is 262 Å². The van der Waals surface area contributed by atoms with E-state index in [1.807, 2.05) is 0 Å². The molecule has 9 nitrogen and oxygen atoms in total. The van der Waals surface area contributed by atoms with E-state index in [0.717, 1.165) is 19.4 Å². The summed E-state index contributed by atoms with van der Waals surface area (Å²) in [5, 5.41) is 25.2. The molecule has 5 atom stereocenters. The van der Waals surface area contributed by atoms with Crippen molar-refractivity contribution < 1.29 is 32.9 Å². The number of pyridine rings is 1. The number of benzene rings is 2. The number of rotatable bonds is 7. The highest BCUT2D eigenvalue weighted by Crippen LogP contribution is 2.52. The Kier molecular flexibility index (Phi) is 6.70. The molecule has 1 saturated carbocycles. The quantitative estimate of drug-likeness (QED) is 0.251. The maximum Gasteiger partial charge on any atom is 0.317 e. The molecule has 0 spiro atoms. The van der Waals surface area contributed by atoms with Crippen LogP contribution in [-0.2, 0) is 16.8 Å². The molecular formula is C34H34F3N5O4. The summed E-state index contributed by atoms with van der Waals surface area (Å²) in [7, 11) is 0. The number of phenolic OH excluding ortho intramolecular Hbond substituents is 1. The van der Waals surface area contributed by atoms with Crippen molar-refractivity contribution in [1.29, 1.82) is 0 Å². The number of nitrogens with zero attached hydrogens (tertiary/aromatic N) is 4. The summed E-state index contributed by atoms with van der Waals surface area (Å²) in [6.45, 7) is 3.54. The third-order valence-electron chi connectivity index (χ3n) is 10.9. The lowest BCUT2D eigenvalue weighted by molar-refractivity contribution is -0.143. The number of phenols is 1. The Bertz CT molecular complexity index is 1930. The van der Waals surface area contributed by atoms with Gasteiger partial charge in [0.2, 0.25) is 0 Å². The van der Waals surface area contributed by atoms with Crippen molar-refractivity contribution in [2.24, 2.45) is 11.8 Å². The highest BCUT2D eigenvalue weighted by Gasteiger charge is 2.56. The van der Waals surface area contributed by atoms with Crippen molar-refractivity contribution >= 4 is 27.6 Å². The molecule has 4 aliphatic rings. The lowest BCUT2D eigenvalue weighted by Crippen LogP contribution is -2.44. The summed E-state index contributed by atoms with van der Waals surface area (Å²) >= 11 is 0. The first-order valence-electron chi connectivity index (χ1n) is 15.9. The van der Waals surface area contributed by atoms with Gasteiger partial charge in [-0.3, -0.25) is 14.7 Å². The van der Waals surface area contributed by atoms with Crippen molar-refractivity contribution in [2.75, 3.05) is 26.2 Å². The molecule has 8 rings (SSSR count). The second-order valence-corrected chi connectivity index (χ2v) is 13.4. The van der Waals surface area contributed by atoms with Gasteiger partial charge in [0.05, 0.1) is 22.7 Å². The number of aliphatic carboxylic acids is 1. The van der Waals surface area contributed by atoms with E-state index < -0.39 is 40.8 Å². The van der Waals surface area contributed by atoms with Gasteiger partial charge in [-0.25, -0.2) is 13.2 Å². The average molecular weight is 634 g/mol. The topological polar surface area (TPSA) is 121 Å². The number of aromatic hydroxyl groups is 1. The Morgan fingerprint density at radius 3 is 2.83 bits per heavy atom. The fraction of sp³-hybridized carbons (Fsp3) is 0.471. The molecule has 4 fully saturated rings. The lowest BCUT2D eigenvalue weighted by Gasteiger charge is -2.32. The molecule has 240 valence electrons. The molecule has 3 saturated heterocycles. The van der Waals surface area contributed by atoms with E-state index in [9.17, 15) is 23.8 Å². The van der Waals surface area contributed by atoms with Gasteiger partial charge in [0.25, 0.3) is 0 Å². The normalized spacial score (nSPS) is 28.8. The smallest absolute Gasteiger partial charge is 0.317 e. The molecule has 2 aromatic carbocycles. The number of nitrogens with one attached hydrogen (secondary N) is 1. The van der Waals surface area contributed by atoms with E-state index in [2.05, 4.69) is 20.2 Å². The number of aryl methyl sites for hydroxylation is 1. The third kappa shape index (κ3) is 4.36. The van der Waals surface area contributed by atoms with Gasteiger partial charge < -0.3 is 20.3 Å². The Morgan fingerprint density at radius 1 is 1.20 bits per heavy atom. The fourth-order valence-corrected chi connectivity index (χ4v) is 8.80. The number of ether oxygens (including phenoxy) is 1. The molecule has 2 bridgehead atoms. The van der Waals surface area contributed by atoms with Crippen LogP contribution in [-0.4, -0.2) is 74.0 Å². The number of alkyl halides is 1. The van der Waals surface area contributed by atoms with Gasteiger partial charge in [0, 0.05) is 30.1 Å². The number of carbonyl (C=O) groups is 1. The van der Waals surface area contributed by atoms with Crippen LogP contribution >= 0.6 is 0 Å². The summed E-state index contributed by atoms with van der Waals surface area (Å²) in [5.74, 6) is -2.95. The molecule has 4 aromatic rings. The third-order valence-corrected chi connectivity index (χ3v) is 10.9. The van der Waals surface area contributed by atoms with Crippen LogP contribution in [0.4, 0.5) is 13.2 Å². The summed E-state index contributed by atoms with van der Waals surface area (Å²) in [4.78, 5) is 28.0. The summed E-state index contributed by atoms with van der Waals surface area (Å²) in [5.41, 5.74) is -0.539. The first-order valence-corrected chi connectivity index (χ1v) is 15.9. The monoisotopic (exact) mass is 633 g/mol. The van der Waals surface area contributed by atoms with Gasteiger partial charge in [0.15, 0.2) is 5.82 Å². The maximum absolute atomic E-state index is 16.9. The molecule has 46 heavy (non-hydrogen) atoms. The molecule has 3 N–H and O–H groups in total. The van der Waals surface area contributed by atoms with Gasteiger partial charge in [-0.1, -0.05) is 13.0 Å². The Morgan fingerprint density at radius 2 is 2.04 bits per heavy atom. The van der Waals surface area contributed by atoms with Crippen LogP contribution in [0.1, 0.15) is 50.3 Å². The molecule has 0 amide bonds. The van der Waals surface area contributed by atoms with E-state index >= 15 is 4.39 Å². The van der Waals surface area contributed by atoms with Crippen LogP contribution < -0.4 is 10.1 Å². The molecule has 5 heterocycles. The van der Waals surface area contributed by atoms with Crippen molar-refractivity contribution in [3.8, 4) is 23.0 Å². The highest BCUT2D eigenvalue weighted by atomic mass is 19.1. The van der Waals surface area contributed by atoms with Crippen molar-refractivity contribution in [3.63, 3.8) is 0 Å². The molecular weight excluding hydrogens is 599 g/mol. The number of fused-ring (bicyclic) bond motifs is 5. The molecule has 3 unspecified atom stereocenters. The number of piperidine rings is 1. The van der Waals surface area contributed by atoms with E-state index in [1.54, 1.807) is 6.92 Å². The Hall–Kier alpha value is -4.03. The van der Waals surface area contributed by atoms with Gasteiger partial charge in [-0.15, -0.1) is 0 Å². The minimum Gasteiger partial charge on any atom is -0.508 e. The largest absolute Gasteiger partial charge is 0.508 e. The number of hydrogen-bond donors (Lipinski definition) is 3. The van der Waals surface area contributed by atoms with Gasteiger partial charge in [-0.2, -0.15) is 9.97 Å². The molecule has 12 heteroatoms. The summed E-state index contributed by atoms with van der Waals surface area (Å²) < 4.78 is 52.6. The zero-order chi connectivity index (χ0) is 32.0. The van der Waals surface area contributed by atoms with Crippen molar-refractivity contribution in [3.05, 3.63) is 53.4 Å². The number of halogens is 3. The molecule has 1 aliphatic carbocycles. The molecule has 2 aromatic heterocycles. The zero-order valence-electron chi connectivity index (χ0n) is 25.3. The number of carboxylic acids is 1. The Balaban J connectivity index is 1.30. The zero-order valence-corrected chi connectivity index (χ0v) is 25.3. The summed E-state index contributed by atoms with van der Waals surface area (Å²) in [6, 6.07) is 5.65.